The molecule has 7 heteroatoms. The van der Waals surface area contributed by atoms with Crippen molar-refractivity contribution in [2.24, 2.45) is 7.05 Å². The van der Waals surface area contributed by atoms with Crippen LogP contribution < -0.4 is 0 Å². The van der Waals surface area contributed by atoms with Crippen LogP contribution in [0.4, 0.5) is 0 Å². The second kappa shape index (κ2) is 5.92. The summed E-state index contributed by atoms with van der Waals surface area (Å²) in [6.45, 7) is 4.59. The van der Waals surface area contributed by atoms with Gasteiger partial charge in [0.25, 0.3) is 0 Å². The highest BCUT2D eigenvalue weighted by Gasteiger charge is 2.15. The number of hydrogen-bond donors (Lipinski definition) is 0. The van der Waals surface area contributed by atoms with E-state index < -0.39 is 0 Å². The zero-order valence-corrected chi connectivity index (χ0v) is 12.8. The van der Waals surface area contributed by atoms with Crippen molar-refractivity contribution in [1.82, 2.24) is 24.8 Å². The van der Waals surface area contributed by atoms with Gasteiger partial charge in [0.2, 0.25) is 0 Å². The summed E-state index contributed by atoms with van der Waals surface area (Å²) in [5, 5.41) is 13.2. The maximum atomic E-state index is 6.31. The molecule has 0 N–H and O–H groups in total. The first-order chi connectivity index (χ1) is 9.06. The quantitative estimate of drug-likeness (QED) is 0.798. The van der Waals surface area contributed by atoms with Crippen molar-refractivity contribution < 1.29 is 0 Å². The van der Waals surface area contributed by atoms with Gasteiger partial charge in [-0.3, -0.25) is 4.68 Å². The van der Waals surface area contributed by atoms with Crippen molar-refractivity contribution in [3.05, 3.63) is 28.3 Å². The molecule has 0 aliphatic carbocycles. The van der Waals surface area contributed by atoms with Gasteiger partial charge >= 0.3 is 0 Å². The Morgan fingerprint density at radius 1 is 1.37 bits per heavy atom. The molecule has 0 amide bonds. The molecular weight excluding hydrogens is 285 g/mol. The molecule has 0 aliphatic rings. The fourth-order valence-corrected chi connectivity index (χ4v) is 2.34. The molecule has 0 fully saturated rings. The lowest BCUT2D eigenvalue weighted by molar-refractivity contribution is 0.598. The maximum Gasteiger partial charge on any atom is 0.101 e. The third-order valence-electron chi connectivity index (χ3n) is 3.05. The van der Waals surface area contributed by atoms with Crippen LogP contribution >= 0.6 is 23.2 Å². The van der Waals surface area contributed by atoms with Crippen molar-refractivity contribution in [1.29, 1.82) is 0 Å². The molecule has 0 saturated heterocycles. The van der Waals surface area contributed by atoms with Crippen LogP contribution in [0.2, 0.25) is 5.02 Å². The summed E-state index contributed by atoms with van der Waals surface area (Å²) < 4.78 is 3.53. The molecule has 0 aromatic carbocycles. The summed E-state index contributed by atoms with van der Waals surface area (Å²) in [5.74, 6) is 0. The lowest BCUT2D eigenvalue weighted by Gasteiger charge is -2.02. The van der Waals surface area contributed by atoms with Crippen LogP contribution in [-0.4, -0.2) is 24.8 Å². The Morgan fingerprint density at radius 2 is 2.11 bits per heavy atom. The highest BCUT2D eigenvalue weighted by Crippen LogP contribution is 2.23. The number of halogens is 2. The minimum Gasteiger partial charge on any atom is -0.269 e. The van der Waals surface area contributed by atoms with Gasteiger partial charge in [-0.05, 0) is 12.8 Å². The van der Waals surface area contributed by atoms with Crippen molar-refractivity contribution in [2.75, 3.05) is 0 Å². The molecule has 0 saturated carbocycles. The van der Waals surface area contributed by atoms with Gasteiger partial charge < -0.3 is 0 Å². The summed E-state index contributed by atoms with van der Waals surface area (Å²) in [6.07, 6.45) is 3.50. The number of aromatic nitrogens is 5. The summed E-state index contributed by atoms with van der Waals surface area (Å²) in [4.78, 5) is 0. The topological polar surface area (TPSA) is 48.5 Å². The molecule has 2 rings (SSSR count). The zero-order valence-electron chi connectivity index (χ0n) is 11.3. The molecule has 19 heavy (non-hydrogen) atoms. The Bertz CT molecular complexity index is 560. The van der Waals surface area contributed by atoms with Crippen LogP contribution in [0, 0.1) is 0 Å². The van der Waals surface area contributed by atoms with Crippen LogP contribution in [0.1, 0.15) is 42.7 Å². The molecule has 1 atom stereocenters. The average molecular weight is 302 g/mol. The maximum absolute atomic E-state index is 6.31. The Hall–Kier alpha value is -1.07. The number of nitrogens with zero attached hydrogens (tertiary/aromatic N) is 5. The molecule has 0 radical (unpaired) electrons. The van der Waals surface area contributed by atoms with Crippen LogP contribution in [0.15, 0.2) is 6.20 Å². The molecule has 104 valence electrons. The summed E-state index contributed by atoms with van der Waals surface area (Å²) >= 11 is 12.4. The van der Waals surface area contributed by atoms with E-state index in [4.69, 9.17) is 23.2 Å². The van der Waals surface area contributed by atoms with Crippen LogP contribution in [-0.2, 0) is 20.0 Å². The monoisotopic (exact) mass is 301 g/mol. The minimum atomic E-state index is -0.0954. The number of alkyl halides is 1. The number of hydrogen-bond acceptors (Lipinski definition) is 3. The average Bonchev–Trinajstić information content (AvgIpc) is 2.98. The van der Waals surface area contributed by atoms with Crippen LogP contribution in [0.5, 0.6) is 0 Å². The largest absolute Gasteiger partial charge is 0.269 e. The normalized spacial score (nSPS) is 12.9. The molecule has 2 aromatic heterocycles. The zero-order chi connectivity index (χ0) is 14.0. The van der Waals surface area contributed by atoms with Crippen LogP contribution in [0.3, 0.4) is 0 Å². The Morgan fingerprint density at radius 3 is 2.68 bits per heavy atom. The predicted octanol–water partition coefficient (Wildman–Crippen LogP) is 2.97. The highest BCUT2D eigenvalue weighted by molar-refractivity contribution is 6.31. The van der Waals surface area contributed by atoms with Crippen molar-refractivity contribution >= 4 is 23.2 Å². The standard InChI is InChI=1S/C12H17Cl2N5/c1-4-8(13)10-6-19(17-15-10)7-11-12(14)9(5-2)16-18(11)3/h6,8H,4-5,7H2,1-3H3. The van der Waals surface area contributed by atoms with Gasteiger partial charge in [0, 0.05) is 7.05 Å². The summed E-state index contributed by atoms with van der Waals surface area (Å²) in [7, 11) is 1.88. The minimum absolute atomic E-state index is 0.0954. The van der Waals surface area contributed by atoms with E-state index in [0.717, 1.165) is 29.9 Å². The first-order valence-electron chi connectivity index (χ1n) is 6.31. The summed E-state index contributed by atoms with van der Waals surface area (Å²) in [5.41, 5.74) is 2.62. The van der Waals surface area contributed by atoms with Crippen molar-refractivity contribution in [2.45, 2.75) is 38.6 Å². The van der Waals surface area contributed by atoms with E-state index in [1.165, 1.54) is 0 Å². The molecule has 2 aromatic rings. The smallest absolute Gasteiger partial charge is 0.101 e. The van der Waals surface area contributed by atoms with Gasteiger partial charge in [-0.25, -0.2) is 4.68 Å². The number of rotatable bonds is 5. The van der Waals surface area contributed by atoms with E-state index in [1.807, 2.05) is 27.1 Å². The van der Waals surface area contributed by atoms with E-state index >= 15 is 0 Å². The van der Waals surface area contributed by atoms with Crippen molar-refractivity contribution in [3.8, 4) is 0 Å². The molecule has 2 heterocycles. The molecule has 5 nitrogen and oxygen atoms in total. The molecular formula is C12H17Cl2N5. The van der Waals surface area contributed by atoms with E-state index in [1.54, 1.807) is 9.36 Å². The van der Waals surface area contributed by atoms with Gasteiger partial charge in [-0.1, -0.05) is 30.7 Å². The number of aryl methyl sites for hydroxylation is 2. The molecule has 0 aliphatic heterocycles. The fraction of sp³-hybridized carbons (Fsp3) is 0.583. The lowest BCUT2D eigenvalue weighted by atomic mass is 10.2. The predicted molar refractivity (Wildman–Crippen MR) is 75.6 cm³/mol. The Balaban J connectivity index is 2.22. The van der Waals surface area contributed by atoms with Gasteiger partial charge in [-0.2, -0.15) is 5.10 Å². The first-order valence-corrected chi connectivity index (χ1v) is 7.12. The first kappa shape index (κ1) is 14.3. The van der Waals surface area contributed by atoms with E-state index in [9.17, 15) is 0 Å². The third kappa shape index (κ3) is 2.92. The molecule has 1 unspecified atom stereocenters. The van der Waals surface area contributed by atoms with Crippen molar-refractivity contribution in [3.63, 3.8) is 0 Å². The van der Waals surface area contributed by atoms with Crippen LogP contribution in [0.25, 0.3) is 0 Å². The second-order valence-corrected chi connectivity index (χ2v) is 5.31. The molecule has 0 spiro atoms. The Labute approximate surface area is 122 Å². The van der Waals surface area contributed by atoms with E-state index in [0.29, 0.717) is 11.6 Å². The van der Waals surface area contributed by atoms with Gasteiger partial charge in [0.1, 0.15) is 5.69 Å². The van der Waals surface area contributed by atoms with Gasteiger partial charge in [-0.15, -0.1) is 16.7 Å². The SMILES string of the molecule is CCc1nn(C)c(Cn2cc(C(Cl)CC)nn2)c1Cl. The second-order valence-electron chi connectivity index (χ2n) is 4.40. The van der Waals surface area contributed by atoms with Gasteiger partial charge in [0.05, 0.1) is 34.5 Å². The summed E-state index contributed by atoms with van der Waals surface area (Å²) in [6, 6.07) is 0. The molecule has 0 bridgehead atoms. The van der Waals surface area contributed by atoms with E-state index in [2.05, 4.69) is 15.4 Å². The van der Waals surface area contributed by atoms with E-state index in [-0.39, 0.29) is 5.38 Å². The Kier molecular flexibility index (Phi) is 4.47. The van der Waals surface area contributed by atoms with Gasteiger partial charge in [0.15, 0.2) is 0 Å². The fourth-order valence-electron chi connectivity index (χ4n) is 1.89. The lowest BCUT2D eigenvalue weighted by Crippen LogP contribution is -2.06. The third-order valence-corrected chi connectivity index (χ3v) is 4.02. The highest BCUT2D eigenvalue weighted by atomic mass is 35.5.